The quantitative estimate of drug-likeness (QED) is 0.785. The first-order valence-corrected chi connectivity index (χ1v) is 8.21. The van der Waals surface area contributed by atoms with E-state index < -0.39 is 0 Å². The minimum atomic E-state index is 0.461. The summed E-state index contributed by atoms with van der Waals surface area (Å²) in [4.78, 5) is 9.59. The van der Waals surface area contributed by atoms with E-state index in [4.69, 9.17) is 14.7 Å². The van der Waals surface area contributed by atoms with Crippen LogP contribution in [0.2, 0.25) is 0 Å². The number of hydrogen-bond donors (Lipinski definition) is 1. The molecule has 118 valence electrons. The van der Waals surface area contributed by atoms with Crippen molar-refractivity contribution in [1.82, 2.24) is 15.3 Å². The molecule has 2 unspecified atom stereocenters. The van der Waals surface area contributed by atoms with E-state index in [-0.39, 0.29) is 0 Å². The number of aromatic nitrogens is 2. The first-order valence-electron chi connectivity index (χ1n) is 8.21. The molecule has 4 nitrogen and oxygen atoms in total. The molecular formula is C17H29N3O. The lowest BCUT2D eigenvalue weighted by Crippen LogP contribution is -2.30. The van der Waals surface area contributed by atoms with Crippen molar-refractivity contribution in [3.8, 4) is 0 Å². The van der Waals surface area contributed by atoms with Gasteiger partial charge in [-0.25, -0.2) is 9.97 Å². The maximum absolute atomic E-state index is 5.07. The summed E-state index contributed by atoms with van der Waals surface area (Å²) in [5, 5.41) is 3.48. The number of rotatable bonds is 7. The van der Waals surface area contributed by atoms with Gasteiger partial charge in [-0.15, -0.1) is 0 Å². The Morgan fingerprint density at radius 3 is 2.90 bits per heavy atom. The van der Waals surface area contributed by atoms with Crippen LogP contribution in [0, 0.1) is 12.8 Å². The van der Waals surface area contributed by atoms with E-state index in [0.29, 0.717) is 11.8 Å². The fourth-order valence-corrected chi connectivity index (χ4v) is 2.94. The van der Waals surface area contributed by atoms with Crippen molar-refractivity contribution in [2.24, 2.45) is 5.92 Å². The predicted molar refractivity (Wildman–Crippen MR) is 85.7 cm³/mol. The Morgan fingerprint density at radius 2 is 2.19 bits per heavy atom. The standard InChI is InChI=1S/C17H29N3O/c1-5-12(2)17-19-13(3)15-10-14(6-7-16(15)20-17)11-18-8-9-21-4/h12,14,18H,5-11H2,1-4H3. The zero-order chi connectivity index (χ0) is 15.2. The van der Waals surface area contributed by atoms with Crippen LogP contribution in [0.15, 0.2) is 0 Å². The molecular weight excluding hydrogens is 262 g/mol. The number of ether oxygens (including phenoxy) is 1. The maximum atomic E-state index is 5.07. The van der Waals surface area contributed by atoms with Crippen LogP contribution in [0.5, 0.6) is 0 Å². The Hall–Kier alpha value is -1.00. The fraction of sp³-hybridized carbons (Fsp3) is 0.765. The average Bonchev–Trinajstić information content (AvgIpc) is 2.51. The number of fused-ring (bicyclic) bond motifs is 1. The second-order valence-corrected chi connectivity index (χ2v) is 6.21. The van der Waals surface area contributed by atoms with Crippen molar-refractivity contribution in [3.63, 3.8) is 0 Å². The van der Waals surface area contributed by atoms with Gasteiger partial charge in [0.15, 0.2) is 0 Å². The predicted octanol–water partition coefficient (Wildman–Crippen LogP) is 2.64. The molecule has 1 heterocycles. The lowest BCUT2D eigenvalue weighted by molar-refractivity contribution is 0.197. The molecule has 1 aliphatic carbocycles. The zero-order valence-electron chi connectivity index (χ0n) is 13.9. The number of methoxy groups -OCH3 is 1. The van der Waals surface area contributed by atoms with Gasteiger partial charge in [-0.2, -0.15) is 0 Å². The van der Waals surface area contributed by atoms with E-state index in [0.717, 1.165) is 44.8 Å². The average molecular weight is 291 g/mol. The topological polar surface area (TPSA) is 47.0 Å². The number of nitrogens with one attached hydrogen (secondary N) is 1. The van der Waals surface area contributed by atoms with Gasteiger partial charge in [0.1, 0.15) is 5.82 Å². The van der Waals surface area contributed by atoms with Crippen molar-refractivity contribution in [1.29, 1.82) is 0 Å². The Balaban J connectivity index is 2.01. The van der Waals surface area contributed by atoms with E-state index in [2.05, 4.69) is 26.1 Å². The van der Waals surface area contributed by atoms with Crippen LogP contribution in [-0.4, -0.2) is 36.8 Å². The Morgan fingerprint density at radius 1 is 1.38 bits per heavy atom. The highest BCUT2D eigenvalue weighted by Crippen LogP contribution is 2.27. The number of hydrogen-bond acceptors (Lipinski definition) is 4. The maximum Gasteiger partial charge on any atom is 0.131 e. The van der Waals surface area contributed by atoms with Gasteiger partial charge in [0.05, 0.1) is 6.61 Å². The molecule has 21 heavy (non-hydrogen) atoms. The van der Waals surface area contributed by atoms with Gasteiger partial charge in [0.2, 0.25) is 0 Å². The molecule has 0 saturated carbocycles. The summed E-state index contributed by atoms with van der Waals surface area (Å²) in [6.07, 6.45) is 4.54. The summed E-state index contributed by atoms with van der Waals surface area (Å²) in [5.74, 6) is 2.19. The summed E-state index contributed by atoms with van der Waals surface area (Å²) in [5.41, 5.74) is 3.88. The summed E-state index contributed by atoms with van der Waals surface area (Å²) in [6.45, 7) is 9.34. The Kier molecular flexibility index (Phi) is 6.12. The van der Waals surface area contributed by atoms with Crippen LogP contribution >= 0.6 is 0 Å². The normalized spacial score (nSPS) is 19.3. The molecule has 4 heteroatoms. The molecule has 2 atom stereocenters. The summed E-state index contributed by atoms with van der Waals surface area (Å²) in [7, 11) is 1.74. The summed E-state index contributed by atoms with van der Waals surface area (Å²) in [6, 6.07) is 0. The van der Waals surface area contributed by atoms with Crippen LogP contribution in [0.4, 0.5) is 0 Å². The monoisotopic (exact) mass is 291 g/mol. The molecule has 1 N–H and O–H groups in total. The minimum Gasteiger partial charge on any atom is -0.383 e. The molecule has 0 aromatic carbocycles. The van der Waals surface area contributed by atoms with Crippen LogP contribution < -0.4 is 5.32 Å². The van der Waals surface area contributed by atoms with Crippen molar-refractivity contribution < 1.29 is 4.74 Å². The van der Waals surface area contributed by atoms with Crippen LogP contribution in [-0.2, 0) is 17.6 Å². The summed E-state index contributed by atoms with van der Waals surface area (Å²) >= 11 is 0. The highest BCUT2D eigenvalue weighted by Gasteiger charge is 2.23. The van der Waals surface area contributed by atoms with Crippen molar-refractivity contribution in [2.75, 3.05) is 26.8 Å². The number of nitrogens with zero attached hydrogens (tertiary/aromatic N) is 2. The van der Waals surface area contributed by atoms with E-state index >= 15 is 0 Å². The molecule has 1 aromatic heterocycles. The lowest BCUT2D eigenvalue weighted by Gasteiger charge is -2.26. The van der Waals surface area contributed by atoms with E-state index in [9.17, 15) is 0 Å². The molecule has 1 aromatic rings. The first kappa shape index (κ1) is 16.4. The Labute approximate surface area is 128 Å². The second-order valence-electron chi connectivity index (χ2n) is 6.21. The smallest absolute Gasteiger partial charge is 0.131 e. The van der Waals surface area contributed by atoms with E-state index in [1.165, 1.54) is 23.4 Å². The molecule has 2 rings (SSSR count). The van der Waals surface area contributed by atoms with Crippen molar-refractivity contribution in [2.45, 2.75) is 52.4 Å². The SMILES string of the molecule is CCC(C)c1nc(C)c2c(n1)CCC(CNCCOC)C2. The van der Waals surface area contributed by atoms with Crippen molar-refractivity contribution >= 4 is 0 Å². The molecule has 0 amide bonds. The lowest BCUT2D eigenvalue weighted by atomic mass is 9.85. The first-order chi connectivity index (χ1) is 10.2. The molecule has 1 aliphatic rings. The van der Waals surface area contributed by atoms with Gasteiger partial charge < -0.3 is 10.1 Å². The zero-order valence-corrected chi connectivity index (χ0v) is 13.9. The Bertz CT molecular complexity index is 462. The second kappa shape index (κ2) is 7.85. The molecule has 0 fully saturated rings. The highest BCUT2D eigenvalue weighted by molar-refractivity contribution is 5.29. The van der Waals surface area contributed by atoms with E-state index in [1.807, 2.05) is 0 Å². The van der Waals surface area contributed by atoms with E-state index in [1.54, 1.807) is 7.11 Å². The minimum absolute atomic E-state index is 0.461. The van der Waals surface area contributed by atoms with Gasteiger partial charge in [-0.1, -0.05) is 13.8 Å². The molecule has 0 radical (unpaired) electrons. The highest BCUT2D eigenvalue weighted by atomic mass is 16.5. The third kappa shape index (κ3) is 4.24. The van der Waals surface area contributed by atoms with Gasteiger partial charge in [-0.3, -0.25) is 0 Å². The fourth-order valence-electron chi connectivity index (χ4n) is 2.94. The molecule has 0 spiro atoms. The molecule has 0 aliphatic heterocycles. The summed E-state index contributed by atoms with van der Waals surface area (Å²) < 4.78 is 5.07. The third-order valence-corrected chi connectivity index (χ3v) is 4.57. The van der Waals surface area contributed by atoms with Crippen LogP contribution in [0.25, 0.3) is 0 Å². The van der Waals surface area contributed by atoms with Gasteiger partial charge >= 0.3 is 0 Å². The molecule has 0 bridgehead atoms. The van der Waals surface area contributed by atoms with Crippen molar-refractivity contribution in [3.05, 3.63) is 22.8 Å². The van der Waals surface area contributed by atoms with Gasteiger partial charge in [0, 0.05) is 31.0 Å². The largest absolute Gasteiger partial charge is 0.383 e. The van der Waals surface area contributed by atoms with Crippen LogP contribution in [0.1, 0.15) is 55.4 Å². The van der Waals surface area contributed by atoms with Crippen LogP contribution in [0.3, 0.4) is 0 Å². The molecule has 0 saturated heterocycles. The van der Waals surface area contributed by atoms with Gasteiger partial charge in [0.25, 0.3) is 0 Å². The third-order valence-electron chi connectivity index (χ3n) is 4.57. The number of aryl methyl sites for hydroxylation is 2. The van der Waals surface area contributed by atoms with Gasteiger partial charge in [-0.05, 0) is 50.6 Å².